The second-order valence-electron chi connectivity index (χ2n) is 3.64. The lowest BCUT2D eigenvalue weighted by atomic mass is 9.94. The Hall–Kier alpha value is -1.17. The number of alkyl halides is 3. The van der Waals surface area contributed by atoms with Crippen molar-refractivity contribution < 1.29 is 22.6 Å². The smallest absolute Gasteiger partial charge is 0.523 e. The number of hydrogen-bond acceptors (Lipinski definition) is 2. The number of nitrogens with one attached hydrogen (secondary N) is 1. The number of hydrogen-bond donors (Lipinski definition) is 0. The van der Waals surface area contributed by atoms with Gasteiger partial charge in [-0.1, -0.05) is 12.2 Å². The van der Waals surface area contributed by atoms with E-state index in [-0.39, 0.29) is 17.9 Å². The Morgan fingerprint density at radius 3 is 2.62 bits per heavy atom. The SMILES string of the molecule is CCOC1=C([NH-])C=CC(C)(OC(F)(F)F)C1. The van der Waals surface area contributed by atoms with E-state index in [9.17, 15) is 13.2 Å². The Balaban J connectivity index is 2.79. The molecule has 0 aromatic rings. The first-order chi connectivity index (χ1) is 7.26. The topological polar surface area (TPSA) is 42.3 Å². The highest BCUT2D eigenvalue weighted by Gasteiger charge is 2.40. The van der Waals surface area contributed by atoms with E-state index in [0.717, 1.165) is 0 Å². The molecule has 16 heavy (non-hydrogen) atoms. The summed E-state index contributed by atoms with van der Waals surface area (Å²) >= 11 is 0. The summed E-state index contributed by atoms with van der Waals surface area (Å²) in [5.74, 6) is 0.219. The standard InChI is InChI=1S/C10H13F3NO2/c1-3-15-8-6-9(2,5-4-7(8)14)16-10(11,12)13/h4-5,14H,3,6H2,1-2H3/q-1. The zero-order valence-electron chi connectivity index (χ0n) is 9.02. The monoisotopic (exact) mass is 236 g/mol. The van der Waals surface area contributed by atoms with Gasteiger partial charge in [-0.05, 0) is 13.8 Å². The fourth-order valence-electron chi connectivity index (χ4n) is 1.46. The number of ether oxygens (including phenoxy) is 2. The minimum Gasteiger partial charge on any atom is -0.696 e. The number of halogens is 3. The molecule has 0 aromatic heterocycles. The molecule has 1 atom stereocenters. The van der Waals surface area contributed by atoms with E-state index in [1.54, 1.807) is 6.92 Å². The fourth-order valence-corrected chi connectivity index (χ4v) is 1.46. The summed E-state index contributed by atoms with van der Waals surface area (Å²) in [6.07, 6.45) is -2.29. The van der Waals surface area contributed by atoms with Crippen LogP contribution in [-0.2, 0) is 9.47 Å². The van der Waals surface area contributed by atoms with Crippen molar-refractivity contribution in [2.24, 2.45) is 0 Å². The summed E-state index contributed by atoms with van der Waals surface area (Å²) in [6.45, 7) is 3.33. The fraction of sp³-hybridized carbons (Fsp3) is 0.600. The van der Waals surface area contributed by atoms with E-state index in [4.69, 9.17) is 10.5 Å². The summed E-state index contributed by atoms with van der Waals surface area (Å²) < 4.78 is 45.5. The first-order valence-corrected chi connectivity index (χ1v) is 4.79. The van der Waals surface area contributed by atoms with E-state index in [2.05, 4.69) is 4.74 Å². The zero-order chi connectivity index (χ0) is 12.4. The highest BCUT2D eigenvalue weighted by Crippen LogP contribution is 2.35. The highest BCUT2D eigenvalue weighted by atomic mass is 19.4. The minimum absolute atomic E-state index is 0.0876. The third kappa shape index (κ3) is 3.44. The predicted molar refractivity (Wildman–Crippen MR) is 52.3 cm³/mol. The molecule has 0 aromatic carbocycles. The predicted octanol–water partition coefficient (Wildman–Crippen LogP) is 3.54. The lowest BCUT2D eigenvalue weighted by molar-refractivity contribution is -0.356. The van der Waals surface area contributed by atoms with Crippen LogP contribution in [0.4, 0.5) is 13.2 Å². The molecule has 0 bridgehead atoms. The Kier molecular flexibility index (Phi) is 3.52. The molecule has 1 aliphatic carbocycles. The Bertz CT molecular complexity index is 323. The maximum absolute atomic E-state index is 12.1. The lowest BCUT2D eigenvalue weighted by Gasteiger charge is -2.33. The van der Waals surface area contributed by atoms with Gasteiger partial charge in [-0.2, -0.15) is 0 Å². The Morgan fingerprint density at radius 2 is 2.12 bits per heavy atom. The Labute approximate surface area is 91.7 Å². The van der Waals surface area contributed by atoms with E-state index in [1.165, 1.54) is 19.1 Å². The van der Waals surface area contributed by atoms with Crippen LogP contribution in [0.3, 0.4) is 0 Å². The molecular weight excluding hydrogens is 223 g/mol. The minimum atomic E-state index is -4.70. The average Bonchev–Trinajstić information content (AvgIpc) is 2.09. The molecule has 6 heteroatoms. The molecule has 0 amide bonds. The molecule has 1 aliphatic rings. The van der Waals surface area contributed by atoms with Crippen LogP contribution < -0.4 is 0 Å². The Morgan fingerprint density at radius 1 is 1.50 bits per heavy atom. The first-order valence-electron chi connectivity index (χ1n) is 4.79. The van der Waals surface area contributed by atoms with Crippen LogP contribution in [0.15, 0.2) is 23.6 Å². The van der Waals surface area contributed by atoms with Gasteiger partial charge < -0.3 is 10.5 Å². The third-order valence-corrected chi connectivity index (χ3v) is 2.08. The third-order valence-electron chi connectivity index (χ3n) is 2.08. The van der Waals surface area contributed by atoms with Gasteiger partial charge in [0.15, 0.2) is 0 Å². The summed E-state index contributed by atoms with van der Waals surface area (Å²) in [5, 5.41) is 0. The number of allylic oxidation sites excluding steroid dienone is 1. The van der Waals surface area contributed by atoms with Crippen LogP contribution in [0.2, 0.25) is 0 Å². The molecule has 92 valence electrons. The molecule has 0 radical (unpaired) electrons. The quantitative estimate of drug-likeness (QED) is 0.752. The van der Waals surface area contributed by atoms with Crippen molar-refractivity contribution in [3.8, 4) is 0 Å². The average molecular weight is 236 g/mol. The lowest BCUT2D eigenvalue weighted by Crippen LogP contribution is -2.35. The van der Waals surface area contributed by atoms with Crippen molar-refractivity contribution in [2.45, 2.75) is 32.2 Å². The van der Waals surface area contributed by atoms with Gasteiger partial charge in [0.25, 0.3) is 0 Å². The highest BCUT2D eigenvalue weighted by molar-refractivity contribution is 5.34. The van der Waals surface area contributed by atoms with Gasteiger partial charge in [-0.25, -0.2) is 0 Å². The van der Waals surface area contributed by atoms with Crippen molar-refractivity contribution >= 4 is 0 Å². The molecule has 1 rings (SSSR count). The molecule has 0 aliphatic heterocycles. The first kappa shape index (κ1) is 12.9. The van der Waals surface area contributed by atoms with Crippen LogP contribution in [-0.4, -0.2) is 18.6 Å². The van der Waals surface area contributed by atoms with Crippen molar-refractivity contribution in [3.05, 3.63) is 29.3 Å². The van der Waals surface area contributed by atoms with Gasteiger partial charge in [0.1, 0.15) is 5.60 Å². The van der Waals surface area contributed by atoms with Gasteiger partial charge in [0, 0.05) is 6.42 Å². The normalized spacial score (nSPS) is 26.1. The molecular formula is C10H13F3NO2-. The maximum atomic E-state index is 12.1. The summed E-state index contributed by atoms with van der Waals surface area (Å²) in [6, 6.07) is 0. The van der Waals surface area contributed by atoms with Gasteiger partial charge in [-0.3, -0.25) is 4.74 Å². The molecule has 0 fully saturated rings. The van der Waals surface area contributed by atoms with Crippen LogP contribution in [0.25, 0.3) is 5.73 Å². The largest absolute Gasteiger partial charge is 0.696 e. The van der Waals surface area contributed by atoms with Crippen molar-refractivity contribution in [2.75, 3.05) is 6.61 Å². The van der Waals surface area contributed by atoms with E-state index in [1.807, 2.05) is 0 Å². The summed E-state index contributed by atoms with van der Waals surface area (Å²) in [5.41, 5.74) is 6.07. The second kappa shape index (κ2) is 4.37. The van der Waals surface area contributed by atoms with Gasteiger partial charge in [-0.15, -0.1) is 18.9 Å². The van der Waals surface area contributed by atoms with Crippen LogP contribution in [0.1, 0.15) is 20.3 Å². The van der Waals surface area contributed by atoms with E-state index in [0.29, 0.717) is 6.61 Å². The molecule has 0 spiro atoms. The van der Waals surface area contributed by atoms with Crippen molar-refractivity contribution in [1.29, 1.82) is 0 Å². The molecule has 0 saturated carbocycles. The van der Waals surface area contributed by atoms with Gasteiger partial charge in [0.2, 0.25) is 0 Å². The van der Waals surface area contributed by atoms with E-state index >= 15 is 0 Å². The van der Waals surface area contributed by atoms with Gasteiger partial charge in [0.05, 0.1) is 12.4 Å². The molecule has 0 heterocycles. The van der Waals surface area contributed by atoms with Gasteiger partial charge >= 0.3 is 6.36 Å². The molecule has 3 nitrogen and oxygen atoms in total. The van der Waals surface area contributed by atoms with Crippen LogP contribution >= 0.6 is 0 Å². The molecule has 1 unspecified atom stereocenters. The second-order valence-corrected chi connectivity index (χ2v) is 3.64. The van der Waals surface area contributed by atoms with Crippen LogP contribution in [0.5, 0.6) is 0 Å². The van der Waals surface area contributed by atoms with E-state index < -0.39 is 12.0 Å². The maximum Gasteiger partial charge on any atom is 0.523 e. The zero-order valence-corrected chi connectivity index (χ0v) is 9.02. The summed E-state index contributed by atoms with van der Waals surface area (Å²) in [7, 11) is 0. The summed E-state index contributed by atoms with van der Waals surface area (Å²) in [4.78, 5) is 0. The van der Waals surface area contributed by atoms with Crippen molar-refractivity contribution in [1.82, 2.24) is 0 Å². The van der Waals surface area contributed by atoms with Crippen molar-refractivity contribution in [3.63, 3.8) is 0 Å². The van der Waals surface area contributed by atoms with Crippen LogP contribution in [0, 0.1) is 0 Å². The molecule has 1 N–H and O–H groups in total. The molecule has 0 saturated heterocycles. The number of rotatable bonds is 3.